The molecule has 0 aliphatic carbocycles. The van der Waals surface area contributed by atoms with E-state index in [9.17, 15) is 13.2 Å². The van der Waals surface area contributed by atoms with Gasteiger partial charge >= 0.3 is 6.18 Å². The van der Waals surface area contributed by atoms with Crippen molar-refractivity contribution in [2.45, 2.75) is 26.6 Å². The van der Waals surface area contributed by atoms with Crippen LogP contribution in [0.1, 0.15) is 22.4 Å². The molecule has 174 valence electrons. The maximum Gasteiger partial charge on any atom is 0.416 e. The smallest absolute Gasteiger partial charge is 0.381 e. The summed E-state index contributed by atoms with van der Waals surface area (Å²) in [6, 6.07) is 19.2. The molecular formula is C27H21Cl2F3N2. The number of rotatable bonds is 5. The Morgan fingerprint density at radius 3 is 2.15 bits per heavy atom. The maximum atomic E-state index is 13.4. The summed E-state index contributed by atoms with van der Waals surface area (Å²) < 4.78 is 40.3. The van der Waals surface area contributed by atoms with Crippen molar-refractivity contribution in [1.82, 2.24) is 4.98 Å². The summed E-state index contributed by atoms with van der Waals surface area (Å²) in [5, 5.41) is 4.01. The second kappa shape index (κ2) is 9.69. The first-order valence-corrected chi connectivity index (χ1v) is 11.3. The Morgan fingerprint density at radius 2 is 1.53 bits per heavy atom. The van der Waals surface area contributed by atoms with Crippen LogP contribution in [0.25, 0.3) is 22.3 Å². The fraction of sp³-hybridized carbons (Fsp3) is 0.148. The number of nitrogens with zero attached hydrogens (tertiary/aromatic N) is 1. The van der Waals surface area contributed by atoms with E-state index in [4.69, 9.17) is 23.2 Å². The molecule has 0 atom stereocenters. The third kappa shape index (κ3) is 5.37. The molecule has 34 heavy (non-hydrogen) atoms. The number of hydrogen-bond donors (Lipinski definition) is 1. The Balaban J connectivity index is 1.63. The minimum atomic E-state index is -4.50. The number of halogens is 5. The zero-order valence-corrected chi connectivity index (χ0v) is 20.0. The number of nitrogens with one attached hydrogen (secondary N) is 1. The first-order valence-electron chi connectivity index (χ1n) is 10.5. The van der Waals surface area contributed by atoms with Gasteiger partial charge in [-0.05, 0) is 84.1 Å². The maximum absolute atomic E-state index is 13.4. The molecule has 1 heterocycles. The molecule has 0 bridgehead atoms. The highest BCUT2D eigenvalue weighted by Gasteiger charge is 2.32. The lowest BCUT2D eigenvalue weighted by Crippen LogP contribution is -2.08. The molecule has 0 radical (unpaired) electrons. The molecule has 4 aromatic rings. The van der Waals surface area contributed by atoms with Gasteiger partial charge in [0.05, 0.1) is 5.56 Å². The Kier molecular flexibility index (Phi) is 6.87. The predicted molar refractivity (Wildman–Crippen MR) is 133 cm³/mol. The standard InChI is InChI=1S/C27H21Cl2F3N2/c1-16-11-21(28)7-10-23(16)18-5-8-22(9-6-18)34-15-25-24(19-4-3-17(2)33-14-19)12-20(13-26(25)29)27(30,31)32/h3-14,34H,15H2,1-2H3. The second-order valence-electron chi connectivity index (χ2n) is 8.06. The molecule has 0 saturated carbocycles. The Labute approximate surface area is 206 Å². The summed E-state index contributed by atoms with van der Waals surface area (Å²) in [7, 11) is 0. The minimum absolute atomic E-state index is 0.0475. The van der Waals surface area contributed by atoms with E-state index in [1.54, 1.807) is 18.3 Å². The Hall–Kier alpha value is -3.02. The first-order chi connectivity index (χ1) is 16.1. The van der Waals surface area contributed by atoms with E-state index < -0.39 is 11.7 Å². The van der Waals surface area contributed by atoms with Crippen LogP contribution in [-0.2, 0) is 12.7 Å². The predicted octanol–water partition coefficient (Wildman–Crippen LogP) is 8.97. The summed E-state index contributed by atoms with van der Waals surface area (Å²) in [5.41, 5.74) is 5.53. The minimum Gasteiger partial charge on any atom is -0.381 e. The highest BCUT2D eigenvalue weighted by Crippen LogP contribution is 2.38. The van der Waals surface area contributed by atoms with Gasteiger partial charge in [-0.2, -0.15) is 13.2 Å². The third-order valence-corrected chi connectivity index (χ3v) is 6.17. The summed E-state index contributed by atoms with van der Waals surface area (Å²) in [6.45, 7) is 4.07. The Bertz CT molecular complexity index is 1320. The van der Waals surface area contributed by atoms with Gasteiger partial charge < -0.3 is 5.32 Å². The van der Waals surface area contributed by atoms with Crippen LogP contribution in [0.15, 0.2) is 72.9 Å². The molecule has 0 spiro atoms. The Morgan fingerprint density at radius 1 is 0.824 bits per heavy atom. The monoisotopic (exact) mass is 500 g/mol. The van der Waals surface area contributed by atoms with Crippen LogP contribution < -0.4 is 5.32 Å². The van der Waals surface area contributed by atoms with Crippen LogP contribution in [0.3, 0.4) is 0 Å². The van der Waals surface area contributed by atoms with Gasteiger partial charge in [0.15, 0.2) is 0 Å². The number of hydrogen-bond acceptors (Lipinski definition) is 2. The van der Waals surface area contributed by atoms with Gasteiger partial charge in [-0.1, -0.05) is 47.5 Å². The van der Waals surface area contributed by atoms with Gasteiger partial charge in [-0.25, -0.2) is 0 Å². The van der Waals surface area contributed by atoms with Gasteiger partial charge in [0, 0.05) is 39.7 Å². The van der Waals surface area contributed by atoms with Crippen molar-refractivity contribution in [1.29, 1.82) is 0 Å². The van der Waals surface area contributed by atoms with Crippen molar-refractivity contribution in [3.63, 3.8) is 0 Å². The average Bonchev–Trinajstić information content (AvgIpc) is 2.78. The van der Waals surface area contributed by atoms with Crippen molar-refractivity contribution in [2.24, 2.45) is 0 Å². The van der Waals surface area contributed by atoms with E-state index in [2.05, 4.69) is 10.3 Å². The normalized spacial score (nSPS) is 11.5. The average molecular weight is 501 g/mol. The molecular weight excluding hydrogens is 480 g/mol. The molecule has 0 amide bonds. The summed E-state index contributed by atoms with van der Waals surface area (Å²) in [4.78, 5) is 4.23. The molecule has 0 fully saturated rings. The lowest BCUT2D eigenvalue weighted by molar-refractivity contribution is -0.137. The van der Waals surface area contributed by atoms with Crippen LogP contribution >= 0.6 is 23.2 Å². The van der Waals surface area contributed by atoms with Crippen molar-refractivity contribution in [2.75, 3.05) is 5.32 Å². The number of aryl methyl sites for hydroxylation is 2. The number of pyridine rings is 1. The van der Waals surface area contributed by atoms with Crippen LogP contribution in [0.4, 0.5) is 18.9 Å². The van der Waals surface area contributed by atoms with Crippen molar-refractivity contribution in [3.8, 4) is 22.3 Å². The van der Waals surface area contributed by atoms with Crippen molar-refractivity contribution >= 4 is 28.9 Å². The molecule has 0 unspecified atom stereocenters. The molecule has 1 N–H and O–H groups in total. The fourth-order valence-corrected chi connectivity index (χ4v) is 4.29. The summed E-state index contributed by atoms with van der Waals surface area (Å²) >= 11 is 12.4. The van der Waals surface area contributed by atoms with Crippen LogP contribution in [-0.4, -0.2) is 4.98 Å². The van der Waals surface area contributed by atoms with Gasteiger partial charge in [0.25, 0.3) is 0 Å². The molecule has 4 rings (SSSR count). The van der Waals surface area contributed by atoms with Gasteiger partial charge in [0.1, 0.15) is 0 Å². The van der Waals surface area contributed by atoms with Crippen molar-refractivity contribution in [3.05, 3.63) is 105 Å². The molecule has 7 heteroatoms. The molecule has 0 saturated heterocycles. The van der Waals surface area contributed by atoms with E-state index in [0.717, 1.165) is 40.2 Å². The SMILES string of the molecule is Cc1ccc(-c2cc(C(F)(F)F)cc(Cl)c2CNc2ccc(-c3ccc(Cl)cc3C)cc2)cn1. The van der Waals surface area contributed by atoms with Crippen LogP contribution in [0.2, 0.25) is 10.0 Å². The van der Waals surface area contributed by atoms with Gasteiger partial charge in [-0.3, -0.25) is 4.98 Å². The highest BCUT2D eigenvalue weighted by atomic mass is 35.5. The van der Waals surface area contributed by atoms with Gasteiger partial charge in [-0.15, -0.1) is 0 Å². The van der Waals surface area contributed by atoms with Crippen molar-refractivity contribution < 1.29 is 13.2 Å². The van der Waals surface area contributed by atoms with Crippen LogP contribution in [0.5, 0.6) is 0 Å². The fourth-order valence-electron chi connectivity index (χ4n) is 3.77. The number of alkyl halides is 3. The molecule has 0 aliphatic heterocycles. The van der Waals surface area contributed by atoms with Gasteiger partial charge in [0.2, 0.25) is 0 Å². The van der Waals surface area contributed by atoms with E-state index in [1.165, 1.54) is 0 Å². The topological polar surface area (TPSA) is 24.9 Å². The number of aromatic nitrogens is 1. The zero-order chi connectivity index (χ0) is 24.5. The van der Waals surface area contributed by atoms with E-state index in [0.29, 0.717) is 21.7 Å². The summed E-state index contributed by atoms with van der Waals surface area (Å²) in [5.74, 6) is 0. The van der Waals surface area contributed by atoms with E-state index >= 15 is 0 Å². The lowest BCUT2D eigenvalue weighted by Gasteiger charge is -2.17. The molecule has 2 nitrogen and oxygen atoms in total. The summed E-state index contributed by atoms with van der Waals surface area (Å²) in [6.07, 6.45) is -2.94. The van der Waals surface area contributed by atoms with E-state index in [1.807, 2.05) is 56.3 Å². The zero-order valence-electron chi connectivity index (χ0n) is 18.5. The van der Waals surface area contributed by atoms with E-state index in [-0.39, 0.29) is 11.6 Å². The first kappa shape index (κ1) is 24.1. The number of anilines is 1. The lowest BCUT2D eigenvalue weighted by atomic mass is 9.97. The molecule has 1 aromatic heterocycles. The largest absolute Gasteiger partial charge is 0.416 e. The highest BCUT2D eigenvalue weighted by molar-refractivity contribution is 6.32. The van der Waals surface area contributed by atoms with Crippen LogP contribution in [0, 0.1) is 13.8 Å². The molecule has 0 aliphatic rings. The molecule has 3 aromatic carbocycles. The number of benzene rings is 3. The quantitative estimate of drug-likeness (QED) is 0.295. The second-order valence-corrected chi connectivity index (χ2v) is 8.90. The third-order valence-electron chi connectivity index (χ3n) is 5.60.